The molecule has 3 rings (SSSR count). The third-order valence-corrected chi connectivity index (χ3v) is 9.48. The van der Waals surface area contributed by atoms with Gasteiger partial charge in [0.15, 0.2) is 18.9 Å². The number of ether oxygens (including phenoxy) is 6. The zero-order valence-electron chi connectivity index (χ0n) is 30.7. The fourth-order valence-corrected chi connectivity index (χ4v) is 6.19. The molecule has 3 saturated heterocycles. The van der Waals surface area contributed by atoms with Crippen molar-refractivity contribution in [3.05, 3.63) is 24.3 Å². The van der Waals surface area contributed by atoms with Crippen LogP contribution in [0.15, 0.2) is 24.3 Å². The molecule has 0 aliphatic carbocycles. The molecule has 0 spiro atoms. The van der Waals surface area contributed by atoms with Crippen LogP contribution in [0, 0.1) is 0 Å². The molecule has 1 amide bonds. The van der Waals surface area contributed by atoms with Crippen LogP contribution in [-0.4, -0.2) is 193 Å². The Balaban J connectivity index is 1.65. The molecule has 3 aliphatic heterocycles. The summed E-state index contributed by atoms with van der Waals surface area (Å²) in [5.74, 6) is -0.331. The lowest BCUT2D eigenvalue weighted by molar-refractivity contribution is -0.379. The largest absolute Gasteiger partial charge is 0.394 e. The van der Waals surface area contributed by atoms with Crippen LogP contribution in [-0.2, 0) is 33.2 Å². The molecule has 0 aromatic rings. The van der Waals surface area contributed by atoms with Gasteiger partial charge in [0, 0.05) is 6.42 Å². The van der Waals surface area contributed by atoms with Crippen molar-refractivity contribution in [2.45, 2.75) is 163 Å². The zero-order valence-corrected chi connectivity index (χ0v) is 30.7. The molecule has 0 saturated carbocycles. The van der Waals surface area contributed by atoms with Crippen molar-refractivity contribution in [2.24, 2.45) is 0 Å². The molecule has 0 radical (unpaired) electrons. The monoisotopic (exact) mass is 783 g/mol. The van der Waals surface area contributed by atoms with E-state index in [1.165, 1.54) is 6.08 Å². The smallest absolute Gasteiger partial charge is 0.220 e. The van der Waals surface area contributed by atoms with Crippen LogP contribution in [0.5, 0.6) is 0 Å². The fourth-order valence-electron chi connectivity index (χ4n) is 6.19. The second-order valence-corrected chi connectivity index (χ2v) is 13.7. The summed E-state index contributed by atoms with van der Waals surface area (Å²) in [6, 6.07) is -0.975. The first-order valence-electron chi connectivity index (χ1n) is 18.6. The number of nitrogens with one attached hydrogen (secondary N) is 1. The summed E-state index contributed by atoms with van der Waals surface area (Å²) >= 11 is 0. The van der Waals surface area contributed by atoms with Crippen LogP contribution < -0.4 is 5.32 Å². The van der Waals surface area contributed by atoms with E-state index < -0.39 is 124 Å². The lowest BCUT2D eigenvalue weighted by atomic mass is 9.96. The molecule has 54 heavy (non-hydrogen) atoms. The molecule has 0 bridgehead atoms. The number of carbonyl (C=O) groups excluding carboxylic acids is 1. The summed E-state index contributed by atoms with van der Waals surface area (Å²) in [6.45, 7) is 1.21. The highest BCUT2D eigenvalue weighted by atomic mass is 16.8. The van der Waals surface area contributed by atoms with Gasteiger partial charge >= 0.3 is 0 Å². The predicted molar refractivity (Wildman–Crippen MR) is 185 cm³/mol. The topological polar surface area (TPSA) is 307 Å². The highest BCUT2D eigenvalue weighted by Crippen LogP contribution is 2.32. The minimum absolute atomic E-state index is 0.208. The highest BCUT2D eigenvalue weighted by Gasteiger charge is 2.53. The zero-order chi connectivity index (χ0) is 39.9. The summed E-state index contributed by atoms with van der Waals surface area (Å²) in [7, 11) is 0. The van der Waals surface area contributed by atoms with Gasteiger partial charge in [-0.2, -0.15) is 0 Å². The first-order chi connectivity index (χ1) is 25.8. The Bertz CT molecular complexity index is 1130. The molecule has 314 valence electrons. The molecule has 3 heterocycles. The van der Waals surface area contributed by atoms with Crippen molar-refractivity contribution in [3.63, 3.8) is 0 Å². The summed E-state index contributed by atoms with van der Waals surface area (Å²) in [5.41, 5.74) is 0. The van der Waals surface area contributed by atoms with Crippen LogP contribution in [0.25, 0.3) is 0 Å². The third-order valence-electron chi connectivity index (χ3n) is 9.48. The van der Waals surface area contributed by atoms with Crippen molar-refractivity contribution in [3.8, 4) is 0 Å². The summed E-state index contributed by atoms with van der Waals surface area (Å²) < 4.78 is 33.6. The van der Waals surface area contributed by atoms with Crippen LogP contribution in [0.4, 0.5) is 0 Å². The van der Waals surface area contributed by atoms with Gasteiger partial charge in [0.25, 0.3) is 0 Å². The van der Waals surface area contributed by atoms with Crippen LogP contribution in [0.1, 0.15) is 58.8 Å². The van der Waals surface area contributed by atoms with Gasteiger partial charge in [0.05, 0.1) is 38.6 Å². The number of rotatable bonds is 21. The molecule has 3 fully saturated rings. The number of hydrogen-bond donors (Lipinski definition) is 12. The van der Waals surface area contributed by atoms with E-state index in [2.05, 4.69) is 18.3 Å². The maximum absolute atomic E-state index is 12.6. The first-order valence-corrected chi connectivity index (χ1v) is 18.6. The summed E-state index contributed by atoms with van der Waals surface area (Å²) in [5, 5.41) is 118. The predicted octanol–water partition coefficient (Wildman–Crippen LogP) is -3.82. The Morgan fingerprint density at radius 3 is 1.70 bits per heavy atom. The van der Waals surface area contributed by atoms with Gasteiger partial charge in [-0.05, 0) is 25.7 Å². The van der Waals surface area contributed by atoms with E-state index in [1.54, 1.807) is 6.08 Å². The Kier molecular flexibility index (Phi) is 20.3. The summed E-state index contributed by atoms with van der Waals surface area (Å²) in [6.07, 6.45) is -14.4. The van der Waals surface area contributed by atoms with Crippen LogP contribution >= 0.6 is 0 Å². The Labute approximate surface area is 314 Å². The van der Waals surface area contributed by atoms with Crippen molar-refractivity contribution < 1.29 is 89.4 Å². The molecule has 17 atom stereocenters. The van der Waals surface area contributed by atoms with Gasteiger partial charge in [-0.15, -0.1) is 0 Å². The fraction of sp³-hybridized carbons (Fsp3) is 0.857. The quantitative estimate of drug-likeness (QED) is 0.0392. The Morgan fingerprint density at radius 1 is 0.648 bits per heavy atom. The van der Waals surface area contributed by atoms with Gasteiger partial charge in [-0.25, -0.2) is 0 Å². The van der Waals surface area contributed by atoms with Crippen molar-refractivity contribution in [1.29, 1.82) is 0 Å². The maximum Gasteiger partial charge on any atom is 0.220 e. The minimum Gasteiger partial charge on any atom is -0.394 e. The van der Waals surface area contributed by atoms with Crippen LogP contribution in [0.3, 0.4) is 0 Å². The molecule has 3 aliphatic rings. The average Bonchev–Trinajstić information content (AvgIpc) is 3.16. The first kappa shape index (κ1) is 46.7. The average molecular weight is 784 g/mol. The molecule has 12 N–H and O–H groups in total. The number of unbranched alkanes of at least 4 members (excludes halogenated alkanes) is 3. The number of allylic oxidation sites excluding steroid dienone is 3. The van der Waals surface area contributed by atoms with E-state index in [4.69, 9.17) is 28.4 Å². The third kappa shape index (κ3) is 12.6. The van der Waals surface area contributed by atoms with Crippen LogP contribution in [0.2, 0.25) is 0 Å². The molecule has 19 heteroatoms. The van der Waals surface area contributed by atoms with Crippen molar-refractivity contribution in [2.75, 3.05) is 26.4 Å². The van der Waals surface area contributed by atoms with E-state index in [1.807, 2.05) is 13.0 Å². The SMILES string of the molecule is CCC/C=C/CC/C=C/C(O)C(COC1OC(CO)C(OC2OC(CO)C(OC3OC(CO)C(O)C(O)C3O)C(O)C2O)C(O)C1O)NC(=O)CCCC. The second-order valence-electron chi connectivity index (χ2n) is 13.7. The van der Waals surface area contributed by atoms with Gasteiger partial charge < -0.3 is 89.9 Å². The van der Waals surface area contributed by atoms with E-state index in [9.17, 15) is 61.0 Å². The van der Waals surface area contributed by atoms with Gasteiger partial charge in [-0.3, -0.25) is 4.79 Å². The second kappa shape index (κ2) is 23.5. The molecule has 17 unspecified atom stereocenters. The van der Waals surface area contributed by atoms with E-state index >= 15 is 0 Å². The number of amides is 1. The summed E-state index contributed by atoms with van der Waals surface area (Å²) in [4.78, 5) is 12.6. The number of aliphatic hydroxyl groups is 11. The number of hydrogen-bond acceptors (Lipinski definition) is 18. The van der Waals surface area contributed by atoms with Gasteiger partial charge in [-0.1, -0.05) is 51.0 Å². The lowest BCUT2D eigenvalue weighted by Crippen LogP contribution is -2.66. The normalized spacial score (nSPS) is 38.9. The standard InChI is InChI=1S/C35H61NO18/c1-3-5-7-8-9-10-11-12-19(40)18(36-23(41)13-6-4-2)17-49-33-29(47)26(44)31(21(15-38)51-33)54-35-30(48)27(45)32(22(16-39)52-35)53-34-28(46)25(43)24(42)20(14-37)50-34/h7-8,11-12,18-22,24-35,37-40,42-48H,3-6,9-10,13-17H2,1-2H3,(H,36,41)/b8-7+,12-11+. The van der Waals surface area contributed by atoms with Gasteiger partial charge in [0.1, 0.15) is 73.2 Å². The van der Waals surface area contributed by atoms with Crippen molar-refractivity contribution >= 4 is 5.91 Å². The Morgan fingerprint density at radius 2 is 1.15 bits per heavy atom. The minimum atomic E-state index is -1.97. The van der Waals surface area contributed by atoms with E-state index in [-0.39, 0.29) is 18.9 Å². The maximum atomic E-state index is 12.6. The Hall–Kier alpha value is -1.73. The number of aliphatic hydroxyl groups excluding tert-OH is 11. The molecule has 0 aromatic carbocycles. The van der Waals surface area contributed by atoms with E-state index in [0.717, 1.165) is 25.7 Å². The lowest BCUT2D eigenvalue weighted by Gasteiger charge is -2.48. The molecule has 0 aromatic heterocycles. The van der Waals surface area contributed by atoms with E-state index in [0.29, 0.717) is 12.8 Å². The highest BCUT2D eigenvalue weighted by molar-refractivity contribution is 5.76. The molecular formula is C35H61NO18. The van der Waals surface area contributed by atoms with Gasteiger partial charge in [0.2, 0.25) is 5.91 Å². The molecular weight excluding hydrogens is 722 g/mol. The number of carbonyl (C=O) groups is 1. The molecule has 19 nitrogen and oxygen atoms in total. The van der Waals surface area contributed by atoms with Crippen molar-refractivity contribution in [1.82, 2.24) is 5.32 Å².